The second-order valence-corrected chi connectivity index (χ2v) is 9.93. The lowest BCUT2D eigenvalue weighted by Crippen LogP contribution is -3.00. The van der Waals surface area contributed by atoms with E-state index in [0.29, 0.717) is 6.04 Å². The predicted molar refractivity (Wildman–Crippen MR) is 120 cm³/mol. The number of halogens is 2. The number of quaternary nitrogens is 2. The van der Waals surface area contributed by atoms with Crippen molar-refractivity contribution in [1.82, 2.24) is 0 Å². The van der Waals surface area contributed by atoms with Gasteiger partial charge in [-0.1, -0.05) is 37.3 Å². The Balaban J connectivity index is 0. The molecule has 1 heterocycles. The molecule has 1 aliphatic heterocycles. The highest BCUT2D eigenvalue weighted by Gasteiger charge is 2.60. The van der Waals surface area contributed by atoms with E-state index in [9.17, 15) is 9.90 Å². The summed E-state index contributed by atoms with van der Waals surface area (Å²) in [7, 11) is 6.96. The lowest BCUT2D eigenvalue weighted by molar-refractivity contribution is -0.949. The molecule has 0 amide bonds. The van der Waals surface area contributed by atoms with Gasteiger partial charge in [0.2, 0.25) is 0 Å². The summed E-state index contributed by atoms with van der Waals surface area (Å²) >= 11 is 0. The number of hydrogen-bond donors (Lipinski definition) is 2. The number of aliphatic hydroxyl groups is 1. The zero-order chi connectivity index (χ0) is 22.5. The molecule has 182 valence electrons. The van der Waals surface area contributed by atoms with Crippen LogP contribution in [-0.2, 0) is 10.4 Å². The molecule has 2 rings (SSSR count). The van der Waals surface area contributed by atoms with Gasteiger partial charge in [-0.2, -0.15) is 0 Å². The number of aliphatic carboxylic acids is 1. The number of benzene rings is 1. The number of carbonyl (C=O) groups is 1. The van der Waals surface area contributed by atoms with Gasteiger partial charge in [-0.3, -0.25) is 4.79 Å². The Hall–Kier alpha value is 0.0300. The highest BCUT2D eigenvalue weighted by atomic mass is 127. The van der Waals surface area contributed by atoms with Crippen LogP contribution in [-0.4, -0.2) is 78.5 Å². The summed E-state index contributed by atoms with van der Waals surface area (Å²) in [6.45, 7) is 14.9. The zero-order valence-corrected chi connectivity index (χ0v) is 25.0. The molecular formula is C24H44I2N2O3. The van der Waals surface area contributed by atoms with E-state index in [0.717, 1.165) is 47.1 Å². The van der Waals surface area contributed by atoms with E-state index in [-0.39, 0.29) is 59.8 Å². The van der Waals surface area contributed by atoms with Crippen molar-refractivity contribution in [3.05, 3.63) is 35.9 Å². The quantitative estimate of drug-likeness (QED) is 0.267. The van der Waals surface area contributed by atoms with Crippen molar-refractivity contribution in [1.29, 1.82) is 0 Å². The number of hydrogen-bond acceptors (Lipinski definition) is 2. The number of rotatable bonds is 6. The maximum atomic E-state index is 12.0. The monoisotopic (exact) mass is 662 g/mol. The van der Waals surface area contributed by atoms with Crippen molar-refractivity contribution in [2.75, 3.05) is 47.3 Å². The summed E-state index contributed by atoms with van der Waals surface area (Å²) in [6, 6.07) is 10.8. The van der Waals surface area contributed by atoms with E-state index in [1.54, 1.807) is 6.92 Å². The lowest BCUT2D eigenvalue weighted by Gasteiger charge is -2.58. The van der Waals surface area contributed by atoms with Crippen LogP contribution in [0.25, 0.3) is 0 Å². The van der Waals surface area contributed by atoms with E-state index in [2.05, 4.69) is 73.1 Å². The van der Waals surface area contributed by atoms with Crippen LogP contribution in [0.5, 0.6) is 0 Å². The van der Waals surface area contributed by atoms with Crippen LogP contribution in [0.4, 0.5) is 0 Å². The van der Waals surface area contributed by atoms with Crippen molar-refractivity contribution in [3.8, 4) is 0 Å². The topological polar surface area (TPSA) is 57.5 Å². The Labute approximate surface area is 224 Å². The summed E-state index contributed by atoms with van der Waals surface area (Å²) in [5, 5.41) is 19.7. The Bertz CT molecular complexity index is 668. The van der Waals surface area contributed by atoms with Gasteiger partial charge in [0, 0.05) is 12.8 Å². The summed E-state index contributed by atoms with van der Waals surface area (Å²) in [5.41, 5.74) is 0.147. The van der Waals surface area contributed by atoms with Crippen molar-refractivity contribution in [2.45, 2.75) is 59.1 Å². The number of nitrogens with zero attached hydrogens (tertiary/aromatic N) is 2. The molecule has 3 unspecified atom stereocenters. The predicted octanol–water partition coefficient (Wildman–Crippen LogP) is -2.28. The van der Waals surface area contributed by atoms with Gasteiger partial charge >= 0.3 is 5.97 Å². The van der Waals surface area contributed by atoms with Crippen LogP contribution < -0.4 is 48.0 Å². The first-order valence-corrected chi connectivity index (χ1v) is 10.9. The maximum Gasteiger partial charge on any atom is 0.303 e. The SMILES string of the molecule is CCC(=O)O.CC[N+](C)(CC)CC1(C)C[N+](C)(C)C(C)CC1(O)c1ccccc1.[I-].[I-]. The van der Waals surface area contributed by atoms with Crippen LogP contribution in [0, 0.1) is 5.41 Å². The fraction of sp³-hybridized carbons (Fsp3) is 0.708. The van der Waals surface area contributed by atoms with Gasteiger partial charge in [-0.05, 0) is 33.3 Å². The fourth-order valence-electron chi connectivity index (χ4n) is 4.76. The molecule has 0 bridgehead atoms. The van der Waals surface area contributed by atoms with E-state index in [4.69, 9.17) is 5.11 Å². The van der Waals surface area contributed by atoms with Crippen LogP contribution in [0.3, 0.4) is 0 Å². The largest absolute Gasteiger partial charge is 1.00 e. The van der Waals surface area contributed by atoms with Gasteiger partial charge in [-0.25, -0.2) is 0 Å². The summed E-state index contributed by atoms with van der Waals surface area (Å²) < 4.78 is 1.97. The Kier molecular flexibility index (Phi) is 14.0. The van der Waals surface area contributed by atoms with Crippen LogP contribution in [0.2, 0.25) is 0 Å². The first-order valence-electron chi connectivity index (χ1n) is 10.9. The van der Waals surface area contributed by atoms with Gasteiger partial charge < -0.3 is 67.1 Å². The fourth-order valence-corrected chi connectivity index (χ4v) is 4.76. The number of carboxylic acids is 1. The molecule has 0 aliphatic carbocycles. The van der Waals surface area contributed by atoms with Crippen LogP contribution in [0.15, 0.2) is 30.3 Å². The number of carboxylic acid groups (broad SMARTS) is 1. The molecule has 1 aromatic rings. The van der Waals surface area contributed by atoms with E-state index >= 15 is 0 Å². The molecule has 1 fully saturated rings. The molecule has 31 heavy (non-hydrogen) atoms. The zero-order valence-electron chi connectivity index (χ0n) is 20.7. The Morgan fingerprint density at radius 3 is 1.97 bits per heavy atom. The molecule has 0 aromatic heterocycles. The molecule has 3 atom stereocenters. The molecule has 0 saturated carbocycles. The van der Waals surface area contributed by atoms with E-state index in [1.807, 2.05) is 6.07 Å². The Morgan fingerprint density at radius 2 is 1.58 bits per heavy atom. The summed E-state index contributed by atoms with van der Waals surface area (Å²) in [4.78, 5) is 9.37. The minimum absolute atomic E-state index is 0. The van der Waals surface area contributed by atoms with Crippen LogP contribution >= 0.6 is 0 Å². The van der Waals surface area contributed by atoms with E-state index in [1.165, 1.54) is 0 Å². The first kappa shape index (κ1) is 33.2. The molecule has 0 radical (unpaired) electrons. The third kappa shape index (κ3) is 8.08. The average molecular weight is 662 g/mol. The van der Waals surface area contributed by atoms with Crippen molar-refractivity contribution >= 4 is 5.97 Å². The Morgan fingerprint density at radius 1 is 1.13 bits per heavy atom. The van der Waals surface area contributed by atoms with Crippen molar-refractivity contribution in [3.63, 3.8) is 0 Å². The molecule has 2 N–H and O–H groups in total. The molecule has 7 heteroatoms. The van der Waals surface area contributed by atoms with Gasteiger partial charge in [0.1, 0.15) is 5.60 Å². The molecule has 1 aliphatic rings. The lowest BCUT2D eigenvalue weighted by atomic mass is 9.62. The number of piperidine rings is 1. The highest BCUT2D eigenvalue weighted by molar-refractivity contribution is 5.66. The van der Waals surface area contributed by atoms with Gasteiger partial charge in [-0.15, -0.1) is 0 Å². The molecule has 0 spiro atoms. The molecule has 1 saturated heterocycles. The third-order valence-electron chi connectivity index (χ3n) is 7.35. The minimum Gasteiger partial charge on any atom is -1.00 e. The molecule has 1 aromatic carbocycles. The summed E-state index contributed by atoms with van der Waals surface area (Å²) in [5.74, 6) is -0.745. The normalized spacial score (nSPS) is 27.1. The third-order valence-corrected chi connectivity index (χ3v) is 7.35. The standard InChI is InChI=1S/C21H38N2O.C3H6O2.2HI/c1-8-23(7,9-2)17-20(4)16-22(5,6)18(3)15-21(20,24)19-13-11-10-12-14-19;1-2-3(4)5;;/h10-14,18,24H,8-9,15-17H2,1-7H3;2H2,1H3,(H,4,5);2*1H/q+2;;;/p-2. The van der Waals surface area contributed by atoms with Crippen molar-refractivity contribution < 1.29 is 71.9 Å². The van der Waals surface area contributed by atoms with Gasteiger partial charge in [0.05, 0.1) is 58.8 Å². The first-order chi connectivity index (χ1) is 13.3. The van der Waals surface area contributed by atoms with Gasteiger partial charge in [0.25, 0.3) is 0 Å². The molecule has 5 nitrogen and oxygen atoms in total. The minimum atomic E-state index is -0.773. The second-order valence-electron chi connectivity index (χ2n) is 9.93. The van der Waals surface area contributed by atoms with Crippen LogP contribution in [0.1, 0.15) is 53.0 Å². The van der Waals surface area contributed by atoms with Crippen molar-refractivity contribution in [2.24, 2.45) is 5.41 Å². The second kappa shape index (κ2) is 13.1. The molecular weight excluding hydrogens is 618 g/mol. The summed E-state index contributed by atoms with van der Waals surface area (Å²) in [6.07, 6.45) is 1.04. The van der Waals surface area contributed by atoms with E-state index < -0.39 is 11.6 Å². The number of likely N-dealkylation sites (tertiary alicyclic amines) is 1. The average Bonchev–Trinajstić information content (AvgIpc) is 2.67. The maximum absolute atomic E-state index is 12.0. The highest BCUT2D eigenvalue weighted by Crippen LogP contribution is 2.50. The smallest absolute Gasteiger partial charge is 0.303 e. The van der Waals surface area contributed by atoms with Gasteiger partial charge in [0.15, 0.2) is 0 Å².